The van der Waals surface area contributed by atoms with Gasteiger partial charge in [0.2, 0.25) is 11.6 Å². The number of anilines is 1. The van der Waals surface area contributed by atoms with Crippen molar-refractivity contribution in [1.29, 1.82) is 0 Å². The monoisotopic (exact) mass is 1420 g/mol. The predicted octanol–water partition coefficient (Wildman–Crippen LogP) is 6.65. The van der Waals surface area contributed by atoms with Gasteiger partial charge in [-0.15, -0.1) is 0 Å². The molecule has 0 aromatic heterocycles. The van der Waals surface area contributed by atoms with Gasteiger partial charge in [-0.3, -0.25) is 23.2 Å². The summed E-state index contributed by atoms with van der Waals surface area (Å²) in [5, 5.41) is 8.29. The zero-order valence-corrected chi connectivity index (χ0v) is 58.1. The van der Waals surface area contributed by atoms with Gasteiger partial charge in [-0.1, -0.05) is 85.3 Å². The second kappa shape index (κ2) is 35.1. The van der Waals surface area contributed by atoms with Crippen molar-refractivity contribution in [2.45, 2.75) is 85.8 Å². The number of benzene rings is 5. The number of amides is 2. The Kier molecular flexibility index (Phi) is 27.9. The summed E-state index contributed by atoms with van der Waals surface area (Å²) in [5.74, 6) is -2.43. The van der Waals surface area contributed by atoms with Gasteiger partial charge >= 0.3 is 5.97 Å². The molecule has 2 unspecified atom stereocenters. The number of esters is 1. The van der Waals surface area contributed by atoms with E-state index < -0.39 is 92.4 Å². The minimum absolute atomic E-state index is 0.0504. The molecule has 0 radical (unpaired) electrons. The molecule has 0 fully saturated rings. The van der Waals surface area contributed by atoms with Gasteiger partial charge in [0, 0.05) is 78.5 Å². The fraction of sp³-hybridized carbons (Fsp3) is 0.403. The normalized spacial score (nSPS) is 17.1. The zero-order valence-electron chi connectivity index (χ0n) is 54.0. The van der Waals surface area contributed by atoms with Crippen LogP contribution < -0.4 is 31.4 Å². The second-order valence-electron chi connectivity index (χ2n) is 23.2. The molecular formula is C67H83N4O20PS4. The largest absolute Gasteiger partial charge is 0.744 e. The van der Waals surface area contributed by atoms with Gasteiger partial charge < -0.3 is 43.8 Å². The van der Waals surface area contributed by atoms with Crippen molar-refractivity contribution >= 4 is 99.2 Å². The van der Waals surface area contributed by atoms with E-state index in [1.54, 1.807) is 69.5 Å². The fourth-order valence-corrected chi connectivity index (χ4v) is 16.3. The van der Waals surface area contributed by atoms with Gasteiger partial charge in [0.25, 0.3) is 36.3 Å². The van der Waals surface area contributed by atoms with Gasteiger partial charge in [-0.05, 0) is 131 Å². The van der Waals surface area contributed by atoms with Crippen LogP contribution in [0.1, 0.15) is 97.1 Å². The summed E-state index contributed by atoms with van der Waals surface area (Å²) in [4.78, 5) is 41.0. The van der Waals surface area contributed by atoms with E-state index >= 15 is 0 Å². The Bertz CT molecular complexity index is 4100. The van der Waals surface area contributed by atoms with Crippen LogP contribution in [0.3, 0.4) is 0 Å². The lowest BCUT2D eigenvalue weighted by molar-refractivity contribution is -0.442. The predicted molar refractivity (Wildman–Crippen MR) is 365 cm³/mol. The van der Waals surface area contributed by atoms with Crippen molar-refractivity contribution in [3.8, 4) is 0 Å². The number of hydrogen-bond donors (Lipinski definition) is 5. The van der Waals surface area contributed by atoms with E-state index in [0.717, 1.165) is 10.6 Å². The lowest BCUT2D eigenvalue weighted by Gasteiger charge is -2.30. The number of nitrogens with one attached hydrogen (secondary N) is 2. The van der Waals surface area contributed by atoms with Gasteiger partial charge in [0.05, 0.1) is 79.0 Å². The molecule has 0 aliphatic carbocycles. The number of carbonyl (C=O) groups is 3. The Morgan fingerprint density at radius 3 is 1.80 bits per heavy atom. The highest BCUT2D eigenvalue weighted by Gasteiger charge is 2.48. The molecule has 0 bridgehead atoms. The molecule has 0 saturated heterocycles. The van der Waals surface area contributed by atoms with Crippen LogP contribution in [-0.4, -0.2) is 178 Å². The molecule has 5 aromatic rings. The molecule has 0 saturated carbocycles. The van der Waals surface area contributed by atoms with Crippen molar-refractivity contribution in [1.82, 2.24) is 10.6 Å². The summed E-state index contributed by atoms with van der Waals surface area (Å²) in [6.07, 6.45) is 10.2. The summed E-state index contributed by atoms with van der Waals surface area (Å²) in [5.41, 5.74) is 1.50. The average molecular weight is 1420 g/mol. The number of unbranched alkanes of at least 4 members (excludes halogenated alkanes) is 2. The molecule has 0 spiro atoms. The topological polar surface area (TPSA) is 348 Å². The Morgan fingerprint density at radius 2 is 1.21 bits per heavy atom. The third kappa shape index (κ3) is 21.3. The SMILES string of the molecule is COCCOCCOCCOCC[N+]1=C(C=CC=CC=C2N(CCCCCC(=O)NCCNC(=O)c3ccc(C(=O)OC)c(P(c4ccccc4)c4ccccc4)c3)c3ccc(S(=O)(=O)[O-])cc3C2(C)CCCS(=O)(=O)O)C(C)(CCCS(=O)(=O)O)c2cc(S(=O)(=O)O)ccc21. The summed E-state index contributed by atoms with van der Waals surface area (Å²) >= 11 is 0. The molecule has 2 amide bonds. The highest BCUT2D eigenvalue weighted by Crippen LogP contribution is 2.52. The average Bonchev–Trinajstić information content (AvgIpc) is 1.58. The maximum absolute atomic E-state index is 13.6. The van der Waals surface area contributed by atoms with E-state index in [0.29, 0.717) is 103 Å². The highest BCUT2D eigenvalue weighted by atomic mass is 32.2. The van der Waals surface area contributed by atoms with E-state index in [-0.39, 0.29) is 77.5 Å². The smallest absolute Gasteiger partial charge is 0.338 e. The maximum atomic E-state index is 13.6. The number of carbonyl (C=O) groups excluding carboxylic acids is 3. The van der Waals surface area contributed by atoms with Crippen LogP contribution in [0.5, 0.6) is 0 Å². The van der Waals surface area contributed by atoms with E-state index in [9.17, 15) is 66.3 Å². The number of fused-ring (bicyclic) bond motifs is 2. The number of rotatable bonds is 39. The Labute approximate surface area is 563 Å². The van der Waals surface area contributed by atoms with Gasteiger partial charge in [0.15, 0.2) is 12.3 Å². The third-order valence-electron chi connectivity index (χ3n) is 16.5. The molecule has 2 heterocycles. The lowest BCUT2D eigenvalue weighted by Crippen LogP contribution is -2.35. The number of hydrogen-bond acceptors (Lipinski definition) is 18. The number of allylic oxidation sites excluding steroid dienone is 6. The van der Waals surface area contributed by atoms with Crippen LogP contribution in [0.15, 0.2) is 161 Å². The van der Waals surface area contributed by atoms with Crippen LogP contribution in [-0.2, 0) is 79.8 Å². The van der Waals surface area contributed by atoms with Crippen LogP contribution in [0, 0.1) is 0 Å². The Balaban J connectivity index is 1.08. The molecule has 5 aromatic carbocycles. The maximum Gasteiger partial charge on any atom is 0.338 e. The van der Waals surface area contributed by atoms with E-state index in [1.807, 2.05) is 70.1 Å². The molecule has 5 N–H and O–H groups in total. The van der Waals surface area contributed by atoms with Crippen LogP contribution in [0.4, 0.5) is 11.4 Å². The van der Waals surface area contributed by atoms with Crippen molar-refractivity contribution in [2.24, 2.45) is 0 Å². The highest BCUT2D eigenvalue weighted by molar-refractivity contribution is 7.86. The van der Waals surface area contributed by atoms with Crippen molar-refractivity contribution < 1.29 is 94.5 Å². The minimum Gasteiger partial charge on any atom is -0.744 e. The fourth-order valence-electron chi connectivity index (χ4n) is 11.8. The summed E-state index contributed by atoms with van der Waals surface area (Å²) in [6.45, 7) is 6.49. The van der Waals surface area contributed by atoms with Crippen LogP contribution >= 0.6 is 7.92 Å². The number of ether oxygens (including phenoxy) is 5. The second-order valence-corrected chi connectivity index (χ2v) is 31.3. The number of methoxy groups -OCH3 is 2. The Morgan fingerprint density at radius 1 is 0.625 bits per heavy atom. The van der Waals surface area contributed by atoms with Gasteiger partial charge in [0.1, 0.15) is 16.7 Å². The zero-order chi connectivity index (χ0) is 69.7. The first kappa shape index (κ1) is 76.5. The van der Waals surface area contributed by atoms with Crippen LogP contribution in [0.25, 0.3) is 0 Å². The standard InChI is InChI=1S/C67H83N4O20PS4/c1-66(32-17-45-93(75,76)77)56-48-53(95(81,82)83)27-30-58(56)70(36-16-8-15-25-63(72)68-34-35-69-64(73)50-26-29-55(65(74)88-4)60(47-50)92(51-19-9-5-10-20-51)52-21-11-6-12-22-52)61(66)23-13-7-14-24-62-67(2,33-18-46-94(78,79)80)57-49-54(96(84,85)86)28-31-59(57)71(62)37-38-89-41-42-91-44-43-90-40-39-87-3/h5-7,9-14,19-24,26-31,47-49H,8,15-18,25,32-46H2,1-4H3,(H5-,68,69,72,73,75,76,77,78,79,80,81,82,83,84,85,86). The minimum atomic E-state index is -4.98. The van der Waals surface area contributed by atoms with Crippen molar-refractivity contribution in [3.63, 3.8) is 0 Å². The molecule has 2 aliphatic rings. The summed E-state index contributed by atoms with van der Waals surface area (Å²) < 4.78 is 169. The van der Waals surface area contributed by atoms with E-state index in [4.69, 9.17) is 23.7 Å². The first-order chi connectivity index (χ1) is 45.6. The molecule has 96 heavy (non-hydrogen) atoms. The summed E-state index contributed by atoms with van der Waals surface area (Å²) in [6, 6.07) is 32.4. The van der Waals surface area contributed by atoms with Crippen molar-refractivity contribution in [2.75, 3.05) is 103 Å². The third-order valence-corrected chi connectivity index (χ3v) is 22.3. The van der Waals surface area contributed by atoms with Gasteiger partial charge in [-0.25, -0.2) is 13.2 Å². The van der Waals surface area contributed by atoms with E-state index in [1.165, 1.54) is 43.5 Å². The van der Waals surface area contributed by atoms with Gasteiger partial charge in [-0.2, -0.15) is 29.8 Å². The quantitative estimate of drug-likeness (QED) is 0.00686. The molecule has 2 aliphatic heterocycles. The molecule has 2 atom stereocenters. The molecule has 24 nitrogen and oxygen atoms in total. The molecule has 7 rings (SSSR count). The first-order valence-corrected chi connectivity index (χ1v) is 38.5. The molecule has 29 heteroatoms. The molecule has 520 valence electrons. The molecular weight excluding hydrogens is 1340 g/mol. The van der Waals surface area contributed by atoms with Crippen molar-refractivity contribution in [3.05, 3.63) is 174 Å². The summed E-state index contributed by atoms with van der Waals surface area (Å²) in [7, 11) is -16.9. The number of nitrogens with zero attached hydrogens (tertiary/aromatic N) is 2. The van der Waals surface area contributed by atoms with Crippen LogP contribution in [0.2, 0.25) is 0 Å². The lowest BCUT2D eigenvalue weighted by atomic mass is 9.76. The van der Waals surface area contributed by atoms with E-state index in [2.05, 4.69) is 10.6 Å². The first-order valence-electron chi connectivity index (χ1n) is 31.1. The Hall–Kier alpha value is -6.89.